The Morgan fingerprint density at radius 3 is 3.09 bits per heavy atom. The Morgan fingerprint density at radius 2 is 2.32 bits per heavy atom. The fourth-order valence-corrected chi connectivity index (χ4v) is 3.10. The molecular weight excluding hydrogens is 302 g/mol. The van der Waals surface area contributed by atoms with Crippen LogP contribution in [0.3, 0.4) is 0 Å². The minimum absolute atomic E-state index is 0.00494. The predicted octanol–water partition coefficient (Wildman–Crippen LogP) is 0.636. The lowest BCUT2D eigenvalue weighted by Gasteiger charge is -2.33. The molecule has 2 aromatic rings. The highest BCUT2D eigenvalue weighted by molar-refractivity contribution is 7.07. The lowest BCUT2D eigenvalue weighted by atomic mass is 10.1. The molecule has 0 bridgehead atoms. The lowest BCUT2D eigenvalue weighted by Crippen LogP contribution is -2.49. The molecule has 3 heterocycles. The first-order valence-electron chi connectivity index (χ1n) is 7.11. The Labute approximate surface area is 131 Å². The Kier molecular flexibility index (Phi) is 4.19. The number of thiazole rings is 1. The van der Waals surface area contributed by atoms with Crippen LogP contribution in [-0.2, 0) is 7.05 Å². The van der Waals surface area contributed by atoms with Gasteiger partial charge in [-0.1, -0.05) is 0 Å². The van der Waals surface area contributed by atoms with Crippen LogP contribution in [0.2, 0.25) is 0 Å². The second-order valence-corrected chi connectivity index (χ2v) is 6.02. The fraction of sp³-hybridized carbons (Fsp3) is 0.429. The highest BCUT2D eigenvalue weighted by atomic mass is 32.1. The van der Waals surface area contributed by atoms with Gasteiger partial charge < -0.3 is 14.8 Å². The van der Waals surface area contributed by atoms with Gasteiger partial charge in [0.05, 0.1) is 5.51 Å². The van der Waals surface area contributed by atoms with E-state index in [1.54, 1.807) is 30.3 Å². The molecule has 1 aliphatic rings. The van der Waals surface area contributed by atoms with Crippen LogP contribution in [0.4, 0.5) is 5.82 Å². The van der Waals surface area contributed by atoms with Gasteiger partial charge in [-0.3, -0.25) is 9.59 Å². The molecule has 0 radical (unpaired) electrons. The van der Waals surface area contributed by atoms with Crippen LogP contribution in [0.25, 0.3) is 0 Å². The minimum atomic E-state index is -0.165. The number of carbonyl (C=O) groups excluding carboxylic acids is 1. The molecular formula is C14H17N5O2S. The first-order chi connectivity index (χ1) is 10.6. The molecule has 1 N–H and O–H groups in total. The van der Waals surface area contributed by atoms with Crippen LogP contribution < -0.4 is 15.8 Å². The summed E-state index contributed by atoms with van der Waals surface area (Å²) in [5.74, 6) is 0.277. The molecule has 3 rings (SSSR count). The Hall–Kier alpha value is -2.22. The smallest absolute Gasteiger partial charge is 0.293 e. The number of piperidine rings is 1. The maximum Gasteiger partial charge on any atom is 0.293 e. The van der Waals surface area contributed by atoms with Crippen molar-refractivity contribution in [3.63, 3.8) is 0 Å². The number of anilines is 1. The third kappa shape index (κ3) is 3.01. The van der Waals surface area contributed by atoms with Crippen LogP contribution in [-0.4, -0.2) is 39.6 Å². The van der Waals surface area contributed by atoms with Gasteiger partial charge in [0.1, 0.15) is 5.69 Å². The van der Waals surface area contributed by atoms with Gasteiger partial charge in [-0.05, 0) is 12.8 Å². The number of carbonyl (C=O) groups is 1. The van der Waals surface area contributed by atoms with E-state index in [9.17, 15) is 9.59 Å². The predicted molar refractivity (Wildman–Crippen MR) is 84.3 cm³/mol. The molecule has 1 saturated heterocycles. The molecule has 0 aliphatic carbocycles. The summed E-state index contributed by atoms with van der Waals surface area (Å²) in [6.45, 7) is 1.36. The summed E-state index contributed by atoms with van der Waals surface area (Å²) in [7, 11) is 1.71. The molecule has 0 spiro atoms. The number of amides is 1. The van der Waals surface area contributed by atoms with Crippen LogP contribution in [0.1, 0.15) is 23.3 Å². The number of nitrogens with one attached hydrogen (secondary N) is 1. The van der Waals surface area contributed by atoms with E-state index in [0.29, 0.717) is 18.1 Å². The molecule has 0 unspecified atom stereocenters. The zero-order chi connectivity index (χ0) is 15.5. The van der Waals surface area contributed by atoms with Crippen molar-refractivity contribution < 1.29 is 4.79 Å². The van der Waals surface area contributed by atoms with Crippen molar-refractivity contribution in [2.45, 2.75) is 18.9 Å². The van der Waals surface area contributed by atoms with Crippen LogP contribution >= 0.6 is 11.3 Å². The quantitative estimate of drug-likeness (QED) is 0.898. The van der Waals surface area contributed by atoms with Crippen LogP contribution in [0.15, 0.2) is 28.1 Å². The standard InChI is InChI=1S/C14H17N5O2S/c1-18-6-4-15-12(14(18)21)19-5-2-3-10(7-19)17-13(20)11-8-22-9-16-11/h4,6,8-10H,2-3,5,7H2,1H3,(H,17,20)/t10-/m1/s1. The highest BCUT2D eigenvalue weighted by Gasteiger charge is 2.24. The average molecular weight is 319 g/mol. The molecule has 0 saturated carbocycles. The van der Waals surface area contributed by atoms with Crippen molar-refractivity contribution in [3.05, 3.63) is 39.3 Å². The topological polar surface area (TPSA) is 80.1 Å². The number of aryl methyl sites for hydroxylation is 1. The van der Waals surface area contributed by atoms with E-state index in [-0.39, 0.29) is 17.5 Å². The second kappa shape index (κ2) is 6.27. The lowest BCUT2D eigenvalue weighted by molar-refractivity contribution is 0.0928. The molecule has 8 heteroatoms. The van der Waals surface area contributed by atoms with E-state index >= 15 is 0 Å². The van der Waals surface area contributed by atoms with E-state index in [4.69, 9.17) is 0 Å². The van der Waals surface area contributed by atoms with E-state index < -0.39 is 0 Å². The van der Waals surface area contributed by atoms with Gasteiger partial charge in [0, 0.05) is 44.0 Å². The van der Waals surface area contributed by atoms with Gasteiger partial charge in [0.2, 0.25) is 0 Å². The monoisotopic (exact) mass is 319 g/mol. The van der Waals surface area contributed by atoms with Crippen molar-refractivity contribution in [3.8, 4) is 0 Å². The first-order valence-corrected chi connectivity index (χ1v) is 8.05. The van der Waals surface area contributed by atoms with Crippen molar-refractivity contribution in [2.24, 2.45) is 7.05 Å². The number of aromatic nitrogens is 3. The largest absolute Gasteiger partial charge is 0.350 e. The van der Waals surface area contributed by atoms with Gasteiger partial charge in [-0.15, -0.1) is 11.3 Å². The molecule has 22 heavy (non-hydrogen) atoms. The third-order valence-corrected chi connectivity index (χ3v) is 4.31. The van der Waals surface area contributed by atoms with E-state index in [1.807, 2.05) is 4.90 Å². The summed E-state index contributed by atoms with van der Waals surface area (Å²) in [6, 6.07) is -0.00494. The number of hydrogen-bond acceptors (Lipinski definition) is 6. The molecule has 1 amide bonds. The van der Waals surface area contributed by atoms with Crippen molar-refractivity contribution in [1.29, 1.82) is 0 Å². The average Bonchev–Trinajstić information content (AvgIpc) is 3.05. The summed E-state index contributed by atoms with van der Waals surface area (Å²) in [5.41, 5.74) is 1.96. The van der Waals surface area contributed by atoms with Gasteiger partial charge in [0.25, 0.3) is 11.5 Å². The molecule has 2 aromatic heterocycles. The third-order valence-electron chi connectivity index (χ3n) is 3.72. The second-order valence-electron chi connectivity index (χ2n) is 5.30. The Morgan fingerprint density at radius 1 is 1.45 bits per heavy atom. The SMILES string of the molecule is Cn1ccnc(N2CCC[C@@H](NC(=O)c3cscn3)C2)c1=O. The first kappa shape index (κ1) is 14.7. The van der Waals surface area contributed by atoms with Gasteiger partial charge in [-0.2, -0.15) is 0 Å². The molecule has 116 valence electrons. The number of nitrogens with zero attached hydrogens (tertiary/aromatic N) is 4. The van der Waals surface area contributed by atoms with E-state index in [0.717, 1.165) is 19.4 Å². The van der Waals surface area contributed by atoms with Crippen molar-refractivity contribution >= 4 is 23.1 Å². The molecule has 1 aliphatic heterocycles. The zero-order valence-corrected chi connectivity index (χ0v) is 13.0. The summed E-state index contributed by atoms with van der Waals surface area (Å²) in [4.78, 5) is 34.4. The normalized spacial score (nSPS) is 18.2. The maximum atomic E-state index is 12.1. The van der Waals surface area contributed by atoms with Crippen LogP contribution in [0, 0.1) is 0 Å². The summed E-state index contributed by atoms with van der Waals surface area (Å²) in [6.07, 6.45) is 5.05. The molecule has 7 nitrogen and oxygen atoms in total. The number of rotatable bonds is 3. The van der Waals surface area contributed by atoms with Crippen molar-refractivity contribution in [1.82, 2.24) is 19.9 Å². The highest BCUT2D eigenvalue weighted by Crippen LogP contribution is 2.15. The fourth-order valence-electron chi connectivity index (χ4n) is 2.57. The zero-order valence-electron chi connectivity index (χ0n) is 12.2. The molecule has 0 aromatic carbocycles. The van der Waals surface area contributed by atoms with E-state index in [2.05, 4.69) is 15.3 Å². The maximum absolute atomic E-state index is 12.1. The van der Waals surface area contributed by atoms with Gasteiger partial charge in [0.15, 0.2) is 5.82 Å². The Balaban J connectivity index is 1.70. The summed E-state index contributed by atoms with van der Waals surface area (Å²) >= 11 is 1.39. The van der Waals surface area contributed by atoms with Gasteiger partial charge in [-0.25, -0.2) is 9.97 Å². The number of hydrogen-bond donors (Lipinski definition) is 1. The van der Waals surface area contributed by atoms with Crippen molar-refractivity contribution in [2.75, 3.05) is 18.0 Å². The molecule has 1 atom stereocenters. The minimum Gasteiger partial charge on any atom is -0.350 e. The van der Waals surface area contributed by atoms with Crippen LogP contribution in [0.5, 0.6) is 0 Å². The molecule has 1 fully saturated rings. The summed E-state index contributed by atoms with van der Waals surface area (Å²) in [5, 5.41) is 4.71. The summed E-state index contributed by atoms with van der Waals surface area (Å²) < 4.78 is 1.51. The van der Waals surface area contributed by atoms with E-state index in [1.165, 1.54) is 15.9 Å². The Bertz CT molecular complexity index is 712. The van der Waals surface area contributed by atoms with Gasteiger partial charge >= 0.3 is 0 Å².